The number of ether oxygens (including phenoxy) is 1. The highest BCUT2D eigenvalue weighted by atomic mass is 19.4. The molecule has 3 nitrogen and oxygen atoms in total. The fourth-order valence-electron chi connectivity index (χ4n) is 2.37. The second kappa shape index (κ2) is 7.24. The van der Waals surface area contributed by atoms with Crippen LogP contribution in [0.1, 0.15) is 24.1 Å². The average molecular weight is 302 g/mol. The molecule has 1 N–H and O–H groups in total. The number of nitrogens with one attached hydrogen (secondary N) is 1. The number of morpholine rings is 1. The van der Waals surface area contributed by atoms with E-state index in [0.29, 0.717) is 5.56 Å². The largest absolute Gasteiger partial charge is 0.416 e. The molecule has 0 spiro atoms. The third-order valence-corrected chi connectivity index (χ3v) is 3.70. The van der Waals surface area contributed by atoms with Crippen molar-refractivity contribution in [2.45, 2.75) is 19.1 Å². The molecule has 1 fully saturated rings. The predicted molar refractivity (Wildman–Crippen MR) is 75.1 cm³/mol. The molecular formula is C15H21F3N2O. The molecule has 1 aliphatic rings. The van der Waals surface area contributed by atoms with Crippen LogP contribution in [0.4, 0.5) is 13.2 Å². The molecule has 0 aliphatic carbocycles. The molecule has 1 aromatic rings. The minimum absolute atomic E-state index is 0.103. The molecular weight excluding hydrogens is 281 g/mol. The smallest absolute Gasteiger partial charge is 0.379 e. The highest BCUT2D eigenvalue weighted by Crippen LogP contribution is 2.30. The van der Waals surface area contributed by atoms with Gasteiger partial charge in [-0.25, -0.2) is 0 Å². The highest BCUT2D eigenvalue weighted by Gasteiger charge is 2.30. The first-order valence-electron chi connectivity index (χ1n) is 7.17. The maximum absolute atomic E-state index is 12.7. The van der Waals surface area contributed by atoms with Gasteiger partial charge in [0.1, 0.15) is 0 Å². The van der Waals surface area contributed by atoms with Gasteiger partial charge in [0.05, 0.1) is 18.8 Å². The zero-order valence-electron chi connectivity index (χ0n) is 12.1. The van der Waals surface area contributed by atoms with E-state index in [1.807, 2.05) is 6.92 Å². The van der Waals surface area contributed by atoms with Gasteiger partial charge in [0.15, 0.2) is 0 Å². The first-order valence-corrected chi connectivity index (χ1v) is 7.17. The minimum atomic E-state index is -4.29. The highest BCUT2D eigenvalue weighted by molar-refractivity contribution is 5.27. The van der Waals surface area contributed by atoms with Gasteiger partial charge >= 0.3 is 6.18 Å². The molecule has 0 radical (unpaired) electrons. The molecule has 1 saturated heterocycles. The summed E-state index contributed by atoms with van der Waals surface area (Å²) in [4.78, 5) is 2.29. The maximum atomic E-state index is 12.7. The second-order valence-electron chi connectivity index (χ2n) is 5.25. The molecule has 1 aromatic carbocycles. The fraction of sp³-hybridized carbons (Fsp3) is 0.600. The van der Waals surface area contributed by atoms with Crippen LogP contribution in [-0.4, -0.2) is 44.3 Å². The number of nitrogens with zero attached hydrogens (tertiary/aromatic N) is 1. The van der Waals surface area contributed by atoms with Gasteiger partial charge in [0.2, 0.25) is 0 Å². The van der Waals surface area contributed by atoms with Gasteiger partial charge in [-0.05, 0) is 24.6 Å². The Morgan fingerprint density at radius 1 is 1.29 bits per heavy atom. The van der Waals surface area contributed by atoms with E-state index in [0.717, 1.165) is 45.5 Å². The Bertz CT molecular complexity index is 445. The molecule has 1 atom stereocenters. The molecule has 0 saturated carbocycles. The number of halogens is 3. The zero-order valence-corrected chi connectivity index (χ0v) is 12.1. The molecule has 0 bridgehead atoms. The Kier molecular flexibility index (Phi) is 5.61. The Labute approximate surface area is 123 Å². The molecule has 118 valence electrons. The molecule has 21 heavy (non-hydrogen) atoms. The monoisotopic (exact) mass is 302 g/mol. The van der Waals surface area contributed by atoms with Crippen molar-refractivity contribution in [2.75, 3.05) is 39.4 Å². The van der Waals surface area contributed by atoms with Crippen LogP contribution < -0.4 is 5.32 Å². The SMILES string of the molecule is CC(NCCN1CCOCC1)c1cccc(C(F)(F)F)c1. The third-order valence-electron chi connectivity index (χ3n) is 3.70. The van der Waals surface area contributed by atoms with Crippen LogP contribution in [0.2, 0.25) is 0 Å². The number of hydrogen-bond donors (Lipinski definition) is 1. The Morgan fingerprint density at radius 3 is 2.67 bits per heavy atom. The summed E-state index contributed by atoms with van der Waals surface area (Å²) < 4.78 is 43.3. The Balaban J connectivity index is 1.83. The predicted octanol–water partition coefficient (Wildman–Crippen LogP) is 2.69. The van der Waals surface area contributed by atoms with E-state index < -0.39 is 11.7 Å². The fourth-order valence-corrected chi connectivity index (χ4v) is 2.37. The van der Waals surface area contributed by atoms with Crippen molar-refractivity contribution in [3.63, 3.8) is 0 Å². The lowest BCUT2D eigenvalue weighted by Crippen LogP contribution is -2.40. The van der Waals surface area contributed by atoms with Gasteiger partial charge in [0, 0.05) is 32.2 Å². The van der Waals surface area contributed by atoms with Gasteiger partial charge in [-0.1, -0.05) is 12.1 Å². The summed E-state index contributed by atoms with van der Waals surface area (Å²) in [6, 6.07) is 5.39. The first-order chi connectivity index (χ1) is 9.97. The van der Waals surface area contributed by atoms with E-state index in [1.165, 1.54) is 12.1 Å². The summed E-state index contributed by atoms with van der Waals surface area (Å²) in [5.41, 5.74) is 0.0635. The van der Waals surface area contributed by atoms with Gasteiger partial charge in [-0.15, -0.1) is 0 Å². The molecule has 1 aliphatic heterocycles. The topological polar surface area (TPSA) is 24.5 Å². The third kappa shape index (κ3) is 4.98. The maximum Gasteiger partial charge on any atom is 0.416 e. The van der Waals surface area contributed by atoms with Crippen LogP contribution in [0.3, 0.4) is 0 Å². The van der Waals surface area contributed by atoms with Crippen molar-refractivity contribution in [1.29, 1.82) is 0 Å². The van der Waals surface area contributed by atoms with Crippen molar-refractivity contribution >= 4 is 0 Å². The lowest BCUT2D eigenvalue weighted by atomic mass is 10.0. The zero-order chi connectivity index (χ0) is 15.3. The van der Waals surface area contributed by atoms with Crippen LogP contribution in [0, 0.1) is 0 Å². The van der Waals surface area contributed by atoms with E-state index >= 15 is 0 Å². The van der Waals surface area contributed by atoms with E-state index in [-0.39, 0.29) is 6.04 Å². The number of alkyl halides is 3. The van der Waals surface area contributed by atoms with Crippen LogP contribution >= 0.6 is 0 Å². The van der Waals surface area contributed by atoms with E-state index in [4.69, 9.17) is 4.74 Å². The number of hydrogen-bond acceptors (Lipinski definition) is 3. The van der Waals surface area contributed by atoms with E-state index in [9.17, 15) is 13.2 Å². The molecule has 1 heterocycles. The van der Waals surface area contributed by atoms with Crippen LogP contribution in [-0.2, 0) is 10.9 Å². The summed E-state index contributed by atoms with van der Waals surface area (Å²) in [7, 11) is 0. The molecule has 1 unspecified atom stereocenters. The molecule has 6 heteroatoms. The average Bonchev–Trinajstić information content (AvgIpc) is 2.47. The summed E-state index contributed by atoms with van der Waals surface area (Å²) in [5.74, 6) is 0. The quantitative estimate of drug-likeness (QED) is 0.905. The summed E-state index contributed by atoms with van der Waals surface area (Å²) in [6.45, 7) is 6.85. The van der Waals surface area contributed by atoms with Crippen molar-refractivity contribution < 1.29 is 17.9 Å². The normalized spacial score (nSPS) is 18.7. The summed E-state index contributed by atoms with van der Waals surface area (Å²) >= 11 is 0. The van der Waals surface area contributed by atoms with Crippen molar-refractivity contribution in [3.8, 4) is 0 Å². The number of rotatable bonds is 5. The number of benzene rings is 1. The van der Waals surface area contributed by atoms with Gasteiger partial charge in [-0.2, -0.15) is 13.2 Å². The van der Waals surface area contributed by atoms with Gasteiger partial charge in [0.25, 0.3) is 0 Å². The lowest BCUT2D eigenvalue weighted by Gasteiger charge is -2.27. The standard InChI is InChI=1S/C15H21F3N2O/c1-12(19-5-6-20-7-9-21-10-8-20)13-3-2-4-14(11-13)15(16,17)18/h2-4,11-12,19H,5-10H2,1H3. The Hall–Kier alpha value is -1.11. The van der Waals surface area contributed by atoms with Crippen molar-refractivity contribution in [1.82, 2.24) is 10.2 Å². The van der Waals surface area contributed by atoms with Crippen LogP contribution in [0.15, 0.2) is 24.3 Å². The van der Waals surface area contributed by atoms with E-state index in [1.54, 1.807) is 6.07 Å². The second-order valence-corrected chi connectivity index (χ2v) is 5.25. The van der Waals surface area contributed by atoms with Crippen molar-refractivity contribution in [2.24, 2.45) is 0 Å². The molecule has 2 rings (SSSR count). The van der Waals surface area contributed by atoms with Crippen molar-refractivity contribution in [3.05, 3.63) is 35.4 Å². The van der Waals surface area contributed by atoms with Gasteiger partial charge in [-0.3, -0.25) is 4.90 Å². The Morgan fingerprint density at radius 2 is 2.00 bits per heavy atom. The lowest BCUT2D eigenvalue weighted by molar-refractivity contribution is -0.137. The summed E-state index contributed by atoms with van der Waals surface area (Å²) in [5, 5.41) is 3.28. The first kappa shape index (κ1) is 16.3. The van der Waals surface area contributed by atoms with Crippen LogP contribution in [0.5, 0.6) is 0 Å². The van der Waals surface area contributed by atoms with Crippen LogP contribution in [0.25, 0.3) is 0 Å². The molecule has 0 amide bonds. The summed E-state index contributed by atoms with van der Waals surface area (Å²) in [6.07, 6.45) is -4.29. The minimum Gasteiger partial charge on any atom is -0.379 e. The van der Waals surface area contributed by atoms with Gasteiger partial charge < -0.3 is 10.1 Å². The molecule has 0 aromatic heterocycles. The van der Waals surface area contributed by atoms with E-state index in [2.05, 4.69) is 10.2 Å².